The number of nitrogens with one attached hydrogen (secondary N) is 2. The Morgan fingerprint density at radius 1 is 1.04 bits per heavy atom. The Morgan fingerprint density at radius 3 is 2.75 bits per heavy atom. The smallest absolute Gasteiger partial charge is 0.170 e. The Hall–Kier alpha value is -2.18. The molecule has 1 aromatic carbocycles. The number of imidazole rings is 1. The monoisotopic (exact) mass is 337 g/mol. The molecule has 24 heavy (non-hydrogen) atoms. The first kappa shape index (κ1) is 14.2. The summed E-state index contributed by atoms with van der Waals surface area (Å²) in [6, 6.07) is 8.53. The molecule has 0 amide bonds. The molecule has 0 spiro atoms. The van der Waals surface area contributed by atoms with E-state index < -0.39 is 0 Å². The van der Waals surface area contributed by atoms with Crippen LogP contribution in [0, 0.1) is 0 Å². The van der Waals surface area contributed by atoms with Crippen molar-refractivity contribution in [1.29, 1.82) is 0 Å². The molecule has 4 heterocycles. The zero-order valence-electron chi connectivity index (χ0n) is 13.4. The second-order valence-corrected chi connectivity index (χ2v) is 7.66. The van der Waals surface area contributed by atoms with Crippen LogP contribution in [0.15, 0.2) is 30.5 Å². The molecule has 0 radical (unpaired) electrons. The first-order valence-corrected chi connectivity index (χ1v) is 9.31. The van der Waals surface area contributed by atoms with Crippen LogP contribution in [0.5, 0.6) is 0 Å². The number of fused-ring (bicyclic) bond motifs is 2. The van der Waals surface area contributed by atoms with E-state index in [1.807, 2.05) is 17.5 Å². The number of rotatable bonds is 3. The SMILES string of the molecule is c1cc(-c2nc3cc4c[nH][nH]c4cc3n2)sc1CN1CCCCC1. The second kappa shape index (κ2) is 5.72. The molecule has 1 saturated heterocycles. The highest BCUT2D eigenvalue weighted by Crippen LogP contribution is 2.30. The number of thiophene rings is 1. The van der Waals surface area contributed by atoms with Gasteiger partial charge in [0, 0.05) is 23.0 Å². The van der Waals surface area contributed by atoms with Crippen molar-refractivity contribution in [2.75, 3.05) is 13.1 Å². The van der Waals surface area contributed by atoms with E-state index in [-0.39, 0.29) is 0 Å². The summed E-state index contributed by atoms with van der Waals surface area (Å²) < 4.78 is 0. The third-order valence-electron chi connectivity index (χ3n) is 4.74. The Morgan fingerprint density at radius 2 is 1.88 bits per heavy atom. The molecule has 1 aliphatic rings. The van der Waals surface area contributed by atoms with Crippen LogP contribution in [0.4, 0.5) is 0 Å². The van der Waals surface area contributed by atoms with Crippen LogP contribution >= 0.6 is 11.3 Å². The number of hydrogen-bond acceptors (Lipinski definition) is 4. The van der Waals surface area contributed by atoms with Gasteiger partial charge < -0.3 is 10.2 Å². The third-order valence-corrected chi connectivity index (χ3v) is 5.81. The van der Waals surface area contributed by atoms with Crippen LogP contribution in [0.25, 0.3) is 32.6 Å². The fourth-order valence-electron chi connectivity index (χ4n) is 3.48. The van der Waals surface area contributed by atoms with Gasteiger partial charge in [-0.25, -0.2) is 9.97 Å². The van der Waals surface area contributed by atoms with E-state index in [0.29, 0.717) is 0 Å². The predicted molar refractivity (Wildman–Crippen MR) is 98.2 cm³/mol. The molecule has 1 fully saturated rings. The highest BCUT2D eigenvalue weighted by Gasteiger charge is 2.14. The van der Waals surface area contributed by atoms with E-state index in [4.69, 9.17) is 9.97 Å². The van der Waals surface area contributed by atoms with Gasteiger partial charge in [-0.2, -0.15) is 0 Å². The van der Waals surface area contributed by atoms with Crippen molar-refractivity contribution in [3.8, 4) is 10.7 Å². The molecular formula is C18H19N5S. The molecule has 0 atom stereocenters. The van der Waals surface area contributed by atoms with Crippen LogP contribution in [0.3, 0.4) is 0 Å². The molecular weight excluding hydrogens is 318 g/mol. The molecule has 3 aromatic heterocycles. The number of benzene rings is 1. The van der Waals surface area contributed by atoms with Crippen molar-refractivity contribution in [2.24, 2.45) is 0 Å². The van der Waals surface area contributed by atoms with Gasteiger partial charge in [-0.1, -0.05) is 6.42 Å². The minimum atomic E-state index is 0.844. The number of likely N-dealkylation sites (tertiary alicyclic amines) is 1. The molecule has 5 nitrogen and oxygen atoms in total. The topological polar surface area (TPSA) is 60.6 Å². The highest BCUT2D eigenvalue weighted by molar-refractivity contribution is 7.15. The zero-order valence-corrected chi connectivity index (χ0v) is 14.2. The first-order chi connectivity index (χ1) is 11.8. The molecule has 0 unspecified atom stereocenters. The number of nitrogens with zero attached hydrogens (tertiary/aromatic N) is 3. The van der Waals surface area contributed by atoms with Crippen LogP contribution in [0.1, 0.15) is 24.1 Å². The van der Waals surface area contributed by atoms with Gasteiger partial charge in [-0.05, 0) is 50.2 Å². The maximum Gasteiger partial charge on any atom is 0.170 e. The number of aromatic amines is 2. The van der Waals surface area contributed by atoms with Crippen molar-refractivity contribution in [1.82, 2.24) is 25.1 Å². The lowest BCUT2D eigenvalue weighted by atomic mass is 10.1. The first-order valence-electron chi connectivity index (χ1n) is 8.50. The zero-order chi connectivity index (χ0) is 15.9. The summed E-state index contributed by atoms with van der Waals surface area (Å²) in [5.74, 6) is 0.844. The highest BCUT2D eigenvalue weighted by atomic mass is 32.1. The minimum Gasteiger partial charge on any atom is -0.307 e. The van der Waals surface area contributed by atoms with Gasteiger partial charge in [0.1, 0.15) is 0 Å². The van der Waals surface area contributed by atoms with Gasteiger partial charge in [0.05, 0.1) is 21.4 Å². The molecule has 2 N–H and O–H groups in total. The molecule has 0 bridgehead atoms. The Labute approximate surface area is 143 Å². The summed E-state index contributed by atoms with van der Waals surface area (Å²) in [7, 11) is 0. The van der Waals surface area contributed by atoms with E-state index in [1.54, 1.807) is 0 Å². The van der Waals surface area contributed by atoms with Crippen molar-refractivity contribution in [2.45, 2.75) is 25.8 Å². The fraction of sp³-hybridized carbons (Fsp3) is 0.333. The largest absolute Gasteiger partial charge is 0.307 e. The summed E-state index contributed by atoms with van der Waals surface area (Å²) >= 11 is 1.82. The maximum absolute atomic E-state index is 4.73. The Bertz CT molecular complexity index is 941. The molecule has 0 saturated carbocycles. The van der Waals surface area contributed by atoms with Crippen LogP contribution in [0.2, 0.25) is 0 Å². The molecule has 6 heteroatoms. The lowest BCUT2D eigenvalue weighted by molar-refractivity contribution is 0.222. The third kappa shape index (κ3) is 2.52. The number of H-pyrrole nitrogens is 2. The van der Waals surface area contributed by atoms with Gasteiger partial charge in [0.2, 0.25) is 0 Å². The average molecular weight is 337 g/mol. The molecule has 122 valence electrons. The normalized spacial score (nSPS) is 16.3. The Balaban J connectivity index is 1.44. The quantitative estimate of drug-likeness (QED) is 0.590. The van der Waals surface area contributed by atoms with Crippen molar-refractivity contribution in [3.63, 3.8) is 0 Å². The second-order valence-electron chi connectivity index (χ2n) is 6.49. The summed E-state index contributed by atoms with van der Waals surface area (Å²) in [5.41, 5.74) is 2.96. The van der Waals surface area contributed by atoms with Gasteiger partial charge >= 0.3 is 0 Å². The lowest BCUT2D eigenvalue weighted by Gasteiger charge is -2.25. The fourth-order valence-corrected chi connectivity index (χ4v) is 4.46. The number of aromatic nitrogens is 4. The number of hydrogen-bond donors (Lipinski definition) is 2. The van der Waals surface area contributed by atoms with Crippen LogP contribution < -0.4 is 0 Å². The Kier molecular flexibility index (Phi) is 3.38. The molecule has 0 aliphatic carbocycles. The van der Waals surface area contributed by atoms with Crippen LogP contribution in [-0.2, 0) is 6.54 Å². The summed E-state index contributed by atoms with van der Waals surface area (Å²) in [6.45, 7) is 3.52. The van der Waals surface area contributed by atoms with Crippen molar-refractivity contribution in [3.05, 3.63) is 35.3 Å². The van der Waals surface area contributed by atoms with Gasteiger partial charge in [0.25, 0.3) is 0 Å². The predicted octanol–water partition coefficient (Wildman–Crippen LogP) is 4.15. The molecule has 4 aromatic rings. The van der Waals surface area contributed by atoms with E-state index in [9.17, 15) is 0 Å². The minimum absolute atomic E-state index is 0.844. The van der Waals surface area contributed by atoms with E-state index in [2.05, 4.69) is 39.4 Å². The lowest BCUT2D eigenvalue weighted by Crippen LogP contribution is -2.28. The van der Waals surface area contributed by atoms with E-state index >= 15 is 0 Å². The molecule has 5 rings (SSSR count). The molecule has 1 aliphatic heterocycles. The summed E-state index contributed by atoms with van der Waals surface area (Å²) in [6.07, 6.45) is 6.00. The van der Waals surface area contributed by atoms with Crippen molar-refractivity contribution < 1.29 is 0 Å². The van der Waals surface area contributed by atoms with E-state index in [0.717, 1.165) is 39.2 Å². The van der Waals surface area contributed by atoms with Gasteiger partial charge in [0.15, 0.2) is 5.82 Å². The summed E-state index contributed by atoms with van der Waals surface area (Å²) in [5, 5.41) is 7.25. The standard InChI is InChI=1S/C18H19N5S/c1-2-6-23(7-3-1)11-13-4-5-17(24-13)18-20-15-8-12-10-19-22-14(12)9-16(15)21-18/h4-5,8-10,19,22H,1-3,6-7,11H2. The summed E-state index contributed by atoms with van der Waals surface area (Å²) in [4.78, 5) is 14.6. The average Bonchev–Trinajstić information content (AvgIpc) is 3.31. The van der Waals surface area contributed by atoms with Crippen LogP contribution in [-0.4, -0.2) is 38.2 Å². The van der Waals surface area contributed by atoms with E-state index in [1.165, 1.54) is 37.2 Å². The van der Waals surface area contributed by atoms with Gasteiger partial charge in [-0.15, -0.1) is 11.3 Å². The van der Waals surface area contributed by atoms with Gasteiger partial charge in [-0.3, -0.25) is 4.90 Å². The van der Waals surface area contributed by atoms with Crippen molar-refractivity contribution >= 4 is 33.3 Å². The maximum atomic E-state index is 4.73. The number of piperidine rings is 1.